The Morgan fingerprint density at radius 1 is 1.64 bits per heavy atom. The van der Waals surface area contributed by atoms with E-state index in [0.29, 0.717) is 5.92 Å². The number of hydrogen-bond donors (Lipinski definition) is 0. The highest BCUT2D eigenvalue weighted by molar-refractivity contribution is 9.08. The molecule has 1 heterocycles. The summed E-state index contributed by atoms with van der Waals surface area (Å²) >= 11 is 3.44. The molecule has 0 N–H and O–H groups in total. The monoisotopic (exact) mass is 216 g/mol. The number of alkyl halides is 1. The van der Waals surface area contributed by atoms with E-state index in [1.54, 1.807) is 0 Å². The molecular weight excluding hydrogens is 204 g/mol. The third-order valence-corrected chi connectivity index (χ3v) is 2.36. The van der Waals surface area contributed by atoms with Crippen molar-refractivity contribution in [3.05, 3.63) is 17.5 Å². The average molecular weight is 217 g/mol. The predicted molar refractivity (Wildman–Crippen MR) is 49.9 cm³/mol. The van der Waals surface area contributed by atoms with Crippen LogP contribution in [0.3, 0.4) is 0 Å². The van der Waals surface area contributed by atoms with Crippen LogP contribution in [0.25, 0.3) is 0 Å². The predicted octanol–water partition coefficient (Wildman–Crippen LogP) is 2.44. The third-order valence-electron chi connectivity index (χ3n) is 1.76. The topological polar surface area (TPSA) is 17.8 Å². The zero-order valence-electron chi connectivity index (χ0n) is 7.13. The Hall–Kier alpha value is -0.310. The van der Waals surface area contributed by atoms with Gasteiger partial charge >= 0.3 is 0 Å². The van der Waals surface area contributed by atoms with Crippen LogP contribution in [0.15, 0.2) is 6.20 Å². The van der Waals surface area contributed by atoms with Gasteiger partial charge in [0.2, 0.25) is 0 Å². The minimum absolute atomic E-state index is 0.551. The van der Waals surface area contributed by atoms with Crippen molar-refractivity contribution in [2.75, 3.05) is 0 Å². The number of rotatable bonds is 2. The van der Waals surface area contributed by atoms with Gasteiger partial charge in [-0.25, -0.2) is 0 Å². The second-order valence-electron chi connectivity index (χ2n) is 2.97. The van der Waals surface area contributed by atoms with E-state index in [1.807, 2.05) is 17.9 Å². The molecule has 1 rings (SSSR count). The van der Waals surface area contributed by atoms with E-state index >= 15 is 0 Å². The van der Waals surface area contributed by atoms with Crippen LogP contribution in [-0.4, -0.2) is 9.78 Å². The first-order chi connectivity index (χ1) is 5.16. The largest absolute Gasteiger partial charge is 0.272 e. The van der Waals surface area contributed by atoms with Crippen LogP contribution in [0, 0.1) is 0 Å². The van der Waals surface area contributed by atoms with Crippen molar-refractivity contribution in [1.82, 2.24) is 9.78 Å². The van der Waals surface area contributed by atoms with Crippen LogP contribution in [0.5, 0.6) is 0 Å². The molecule has 0 atom stereocenters. The smallest absolute Gasteiger partial charge is 0.0533 e. The maximum atomic E-state index is 4.20. The molecule has 0 spiro atoms. The van der Waals surface area contributed by atoms with Crippen LogP contribution in [0.1, 0.15) is 31.0 Å². The van der Waals surface area contributed by atoms with Crippen molar-refractivity contribution in [2.45, 2.75) is 25.1 Å². The highest BCUT2D eigenvalue weighted by atomic mass is 79.9. The molecule has 0 aromatic carbocycles. The Labute approximate surface area is 75.7 Å². The SMILES string of the molecule is CC(C)c1c(CBr)cnn1C. The zero-order valence-corrected chi connectivity index (χ0v) is 8.72. The Morgan fingerprint density at radius 2 is 2.27 bits per heavy atom. The number of hydrogen-bond acceptors (Lipinski definition) is 1. The summed E-state index contributed by atoms with van der Waals surface area (Å²) in [7, 11) is 1.99. The minimum Gasteiger partial charge on any atom is -0.272 e. The lowest BCUT2D eigenvalue weighted by molar-refractivity contribution is 0.666. The minimum atomic E-state index is 0.551. The summed E-state index contributed by atoms with van der Waals surface area (Å²) in [6.07, 6.45) is 1.92. The van der Waals surface area contributed by atoms with Crippen LogP contribution < -0.4 is 0 Å². The van der Waals surface area contributed by atoms with Crippen molar-refractivity contribution in [1.29, 1.82) is 0 Å². The fourth-order valence-electron chi connectivity index (χ4n) is 1.34. The summed E-state index contributed by atoms with van der Waals surface area (Å²) in [6.45, 7) is 4.37. The molecule has 0 radical (unpaired) electrons. The fraction of sp³-hybridized carbons (Fsp3) is 0.625. The van der Waals surface area contributed by atoms with Crippen molar-refractivity contribution in [3.8, 4) is 0 Å². The van der Waals surface area contributed by atoms with Crippen molar-refractivity contribution in [3.63, 3.8) is 0 Å². The van der Waals surface area contributed by atoms with Gasteiger partial charge in [0.15, 0.2) is 0 Å². The summed E-state index contributed by atoms with van der Waals surface area (Å²) < 4.78 is 1.95. The summed E-state index contributed by atoms with van der Waals surface area (Å²) in [6, 6.07) is 0. The molecule has 0 saturated carbocycles. The molecule has 0 saturated heterocycles. The van der Waals surface area contributed by atoms with Gasteiger partial charge in [0, 0.05) is 23.6 Å². The number of halogens is 1. The molecule has 0 unspecified atom stereocenters. The van der Waals surface area contributed by atoms with E-state index in [1.165, 1.54) is 11.3 Å². The van der Waals surface area contributed by atoms with Gasteiger partial charge in [-0.15, -0.1) is 0 Å². The first-order valence-electron chi connectivity index (χ1n) is 3.73. The van der Waals surface area contributed by atoms with Gasteiger partial charge in [-0.05, 0) is 5.92 Å². The van der Waals surface area contributed by atoms with Gasteiger partial charge in [0.05, 0.1) is 6.20 Å². The second kappa shape index (κ2) is 3.39. The number of nitrogens with zero attached hydrogens (tertiary/aromatic N) is 2. The fourth-order valence-corrected chi connectivity index (χ4v) is 1.77. The molecule has 3 heteroatoms. The molecule has 0 bridgehead atoms. The number of aryl methyl sites for hydroxylation is 1. The molecule has 2 nitrogen and oxygen atoms in total. The van der Waals surface area contributed by atoms with Crippen molar-refractivity contribution in [2.24, 2.45) is 7.05 Å². The average Bonchev–Trinajstić information content (AvgIpc) is 2.30. The van der Waals surface area contributed by atoms with E-state index in [-0.39, 0.29) is 0 Å². The molecule has 0 fully saturated rings. The Morgan fingerprint density at radius 3 is 2.64 bits per heavy atom. The highest BCUT2D eigenvalue weighted by Crippen LogP contribution is 2.20. The Balaban J connectivity index is 3.07. The van der Waals surface area contributed by atoms with E-state index in [0.717, 1.165) is 5.33 Å². The van der Waals surface area contributed by atoms with Gasteiger partial charge < -0.3 is 0 Å². The summed E-state index contributed by atoms with van der Waals surface area (Å²) in [5.41, 5.74) is 2.62. The molecule has 0 amide bonds. The second-order valence-corrected chi connectivity index (χ2v) is 3.53. The quantitative estimate of drug-likeness (QED) is 0.695. The Kier molecular flexibility index (Phi) is 2.71. The van der Waals surface area contributed by atoms with Crippen LogP contribution in [0.4, 0.5) is 0 Å². The van der Waals surface area contributed by atoms with E-state index in [9.17, 15) is 0 Å². The number of aromatic nitrogens is 2. The van der Waals surface area contributed by atoms with Crippen LogP contribution >= 0.6 is 15.9 Å². The van der Waals surface area contributed by atoms with E-state index in [4.69, 9.17) is 0 Å². The summed E-state index contributed by atoms with van der Waals surface area (Å²) in [4.78, 5) is 0. The Bertz CT molecular complexity index is 240. The van der Waals surface area contributed by atoms with Crippen molar-refractivity contribution < 1.29 is 0 Å². The molecular formula is C8H13BrN2. The van der Waals surface area contributed by atoms with E-state index < -0.39 is 0 Å². The normalized spacial score (nSPS) is 11.0. The third kappa shape index (κ3) is 1.64. The molecule has 1 aromatic rings. The van der Waals surface area contributed by atoms with Gasteiger partial charge in [0.25, 0.3) is 0 Å². The van der Waals surface area contributed by atoms with Gasteiger partial charge in [-0.3, -0.25) is 4.68 Å². The van der Waals surface area contributed by atoms with Crippen LogP contribution in [-0.2, 0) is 12.4 Å². The molecule has 0 aliphatic heterocycles. The van der Waals surface area contributed by atoms with Crippen LogP contribution in [0.2, 0.25) is 0 Å². The van der Waals surface area contributed by atoms with Gasteiger partial charge in [0.1, 0.15) is 0 Å². The maximum absolute atomic E-state index is 4.20. The molecule has 0 aliphatic carbocycles. The first-order valence-corrected chi connectivity index (χ1v) is 4.85. The van der Waals surface area contributed by atoms with Gasteiger partial charge in [-0.2, -0.15) is 5.10 Å². The molecule has 62 valence electrons. The molecule has 11 heavy (non-hydrogen) atoms. The standard InChI is InChI=1S/C8H13BrN2/c1-6(2)8-7(4-9)5-10-11(8)3/h5-6H,4H2,1-3H3. The highest BCUT2D eigenvalue weighted by Gasteiger charge is 2.09. The molecule has 1 aromatic heterocycles. The zero-order chi connectivity index (χ0) is 8.43. The maximum Gasteiger partial charge on any atom is 0.0533 e. The van der Waals surface area contributed by atoms with Crippen molar-refractivity contribution >= 4 is 15.9 Å². The molecule has 0 aliphatic rings. The van der Waals surface area contributed by atoms with E-state index in [2.05, 4.69) is 34.9 Å². The first kappa shape index (κ1) is 8.78. The summed E-state index contributed by atoms with van der Waals surface area (Å²) in [5, 5.41) is 5.09. The lowest BCUT2D eigenvalue weighted by Crippen LogP contribution is -2.01. The lowest BCUT2D eigenvalue weighted by Gasteiger charge is -2.07. The summed E-state index contributed by atoms with van der Waals surface area (Å²) in [5.74, 6) is 0.551. The van der Waals surface area contributed by atoms with Gasteiger partial charge in [-0.1, -0.05) is 29.8 Å². The lowest BCUT2D eigenvalue weighted by atomic mass is 10.1.